The summed E-state index contributed by atoms with van der Waals surface area (Å²) >= 11 is 0. The summed E-state index contributed by atoms with van der Waals surface area (Å²) in [7, 11) is 0. The molecule has 1 aromatic heterocycles. The van der Waals surface area contributed by atoms with Gasteiger partial charge in [0.05, 0.1) is 11.1 Å². The van der Waals surface area contributed by atoms with Gasteiger partial charge in [0.15, 0.2) is 12.4 Å². The first kappa shape index (κ1) is 19.5. The highest BCUT2D eigenvalue weighted by molar-refractivity contribution is 6.00. The number of nitro groups is 1. The number of amides is 2. The molecule has 1 heterocycles. The van der Waals surface area contributed by atoms with Gasteiger partial charge in [-0.3, -0.25) is 19.7 Å². The van der Waals surface area contributed by atoms with Crippen LogP contribution in [-0.2, 0) is 16.1 Å². The molecule has 0 saturated heterocycles. The second-order valence-electron chi connectivity index (χ2n) is 6.00. The first-order chi connectivity index (χ1) is 14.0. The molecule has 3 rings (SSSR count). The van der Waals surface area contributed by atoms with E-state index in [0.717, 1.165) is 10.9 Å². The van der Waals surface area contributed by atoms with E-state index in [1.165, 1.54) is 24.4 Å². The van der Waals surface area contributed by atoms with Gasteiger partial charge in [0.25, 0.3) is 5.91 Å². The Balaban J connectivity index is 1.65. The maximum atomic E-state index is 11.9. The van der Waals surface area contributed by atoms with Crippen molar-refractivity contribution >= 4 is 34.6 Å². The van der Waals surface area contributed by atoms with Crippen LogP contribution in [0.2, 0.25) is 0 Å². The number of fused-ring (bicyclic) bond motifs is 1. The highest BCUT2D eigenvalue weighted by Crippen LogP contribution is 2.25. The predicted molar refractivity (Wildman–Crippen MR) is 105 cm³/mol. The van der Waals surface area contributed by atoms with Crippen molar-refractivity contribution < 1.29 is 19.2 Å². The second-order valence-corrected chi connectivity index (χ2v) is 6.00. The van der Waals surface area contributed by atoms with Gasteiger partial charge in [-0.25, -0.2) is 5.43 Å². The van der Waals surface area contributed by atoms with Crippen LogP contribution in [0, 0.1) is 10.1 Å². The van der Waals surface area contributed by atoms with Crippen LogP contribution in [0.5, 0.6) is 5.75 Å². The van der Waals surface area contributed by atoms with E-state index in [2.05, 4.69) is 10.5 Å². The average molecular weight is 395 g/mol. The molecular weight excluding hydrogens is 378 g/mol. The Morgan fingerprint density at radius 2 is 1.93 bits per heavy atom. The molecule has 0 fully saturated rings. The number of primary amides is 1. The number of nitrogens with one attached hydrogen (secondary N) is 1. The molecule has 0 unspecified atom stereocenters. The minimum atomic E-state index is -0.590. The summed E-state index contributed by atoms with van der Waals surface area (Å²) in [6.07, 6.45) is 3.14. The molecule has 0 atom stereocenters. The van der Waals surface area contributed by atoms with Crippen LogP contribution in [0.3, 0.4) is 0 Å². The van der Waals surface area contributed by atoms with Crippen molar-refractivity contribution in [2.24, 2.45) is 10.8 Å². The van der Waals surface area contributed by atoms with Gasteiger partial charge in [-0.2, -0.15) is 5.10 Å². The number of ether oxygens (including phenoxy) is 1. The van der Waals surface area contributed by atoms with Gasteiger partial charge in [0, 0.05) is 28.7 Å². The highest BCUT2D eigenvalue weighted by Gasteiger charge is 2.14. The van der Waals surface area contributed by atoms with Crippen LogP contribution < -0.4 is 15.9 Å². The molecule has 0 aliphatic carbocycles. The van der Waals surface area contributed by atoms with E-state index in [4.69, 9.17) is 10.5 Å². The van der Waals surface area contributed by atoms with Gasteiger partial charge >= 0.3 is 5.69 Å². The Morgan fingerprint density at radius 3 is 2.69 bits per heavy atom. The normalized spacial score (nSPS) is 10.9. The summed E-state index contributed by atoms with van der Waals surface area (Å²) in [5, 5.41) is 15.7. The summed E-state index contributed by atoms with van der Waals surface area (Å²) < 4.78 is 6.89. The Labute approximate surface area is 164 Å². The zero-order valence-electron chi connectivity index (χ0n) is 15.1. The molecule has 0 aliphatic rings. The molecule has 2 amide bonds. The van der Waals surface area contributed by atoms with E-state index in [9.17, 15) is 19.7 Å². The molecule has 148 valence electrons. The lowest BCUT2D eigenvalue weighted by molar-refractivity contribution is -0.385. The number of para-hydroxylation sites is 3. The van der Waals surface area contributed by atoms with Gasteiger partial charge in [-0.05, 0) is 12.1 Å². The molecule has 3 N–H and O–H groups in total. The van der Waals surface area contributed by atoms with Crippen LogP contribution >= 0.6 is 0 Å². The van der Waals surface area contributed by atoms with Crippen molar-refractivity contribution in [2.45, 2.75) is 6.54 Å². The summed E-state index contributed by atoms with van der Waals surface area (Å²) in [6.45, 7) is -0.421. The molecule has 2 aromatic carbocycles. The standard InChI is InChI=1S/C19H17N5O5/c20-18(25)11-23-10-13(14-5-1-2-6-15(14)23)9-21-22-19(26)12-29-17-8-4-3-7-16(17)24(27)28/h1-10H,11-12H2,(H2,20,25)(H,22,26). The van der Waals surface area contributed by atoms with E-state index < -0.39 is 23.3 Å². The van der Waals surface area contributed by atoms with Crippen LogP contribution in [0.15, 0.2) is 59.8 Å². The van der Waals surface area contributed by atoms with Crippen molar-refractivity contribution in [3.05, 3.63) is 70.4 Å². The lowest BCUT2D eigenvalue weighted by Crippen LogP contribution is -2.24. The zero-order valence-corrected chi connectivity index (χ0v) is 15.1. The van der Waals surface area contributed by atoms with E-state index in [1.807, 2.05) is 24.3 Å². The SMILES string of the molecule is NC(=O)Cn1cc(C=NNC(=O)COc2ccccc2[N+](=O)[O-])c2ccccc21. The minimum Gasteiger partial charge on any atom is -0.477 e. The Kier molecular flexibility index (Phi) is 5.83. The van der Waals surface area contributed by atoms with E-state index in [0.29, 0.717) is 5.56 Å². The molecule has 10 heteroatoms. The summed E-state index contributed by atoms with van der Waals surface area (Å²) in [4.78, 5) is 33.5. The van der Waals surface area contributed by atoms with Gasteiger partial charge in [-0.1, -0.05) is 30.3 Å². The van der Waals surface area contributed by atoms with Gasteiger partial charge in [0.1, 0.15) is 6.54 Å². The quantitative estimate of drug-likeness (QED) is 0.338. The number of hydrogen-bond acceptors (Lipinski definition) is 6. The number of nitrogens with two attached hydrogens (primary N) is 1. The van der Waals surface area contributed by atoms with Crippen molar-refractivity contribution in [3.8, 4) is 5.75 Å². The number of hydrazone groups is 1. The molecule has 0 spiro atoms. The molecule has 0 bridgehead atoms. The number of aromatic nitrogens is 1. The number of benzene rings is 2. The Bertz CT molecular complexity index is 1110. The molecule has 29 heavy (non-hydrogen) atoms. The second kappa shape index (κ2) is 8.65. The van der Waals surface area contributed by atoms with Gasteiger partial charge in [-0.15, -0.1) is 0 Å². The number of nitro benzene ring substituents is 1. The maximum absolute atomic E-state index is 11.9. The molecule has 0 aliphatic heterocycles. The third-order valence-electron chi connectivity index (χ3n) is 3.96. The molecular formula is C19H17N5O5. The summed E-state index contributed by atoms with van der Waals surface area (Å²) in [6, 6.07) is 13.1. The van der Waals surface area contributed by atoms with Gasteiger partial charge in [0.2, 0.25) is 5.91 Å². The van der Waals surface area contributed by atoms with Crippen molar-refractivity contribution in [1.29, 1.82) is 0 Å². The lowest BCUT2D eigenvalue weighted by atomic mass is 10.2. The largest absolute Gasteiger partial charge is 0.477 e. The van der Waals surface area contributed by atoms with Crippen LogP contribution in [0.4, 0.5) is 5.69 Å². The Hall–Kier alpha value is -4.21. The molecule has 0 saturated carbocycles. The predicted octanol–water partition coefficient (Wildman–Crippen LogP) is 1.56. The fourth-order valence-electron chi connectivity index (χ4n) is 2.76. The lowest BCUT2D eigenvalue weighted by Gasteiger charge is -2.05. The molecule has 0 radical (unpaired) electrons. The van der Waals surface area contributed by atoms with Crippen LogP contribution in [-0.4, -0.2) is 34.1 Å². The topological polar surface area (TPSA) is 142 Å². The number of carbonyl (C=O) groups excluding carboxylic acids is 2. The average Bonchev–Trinajstić information content (AvgIpc) is 3.03. The highest BCUT2D eigenvalue weighted by atomic mass is 16.6. The van der Waals surface area contributed by atoms with E-state index >= 15 is 0 Å². The van der Waals surface area contributed by atoms with Crippen LogP contribution in [0.1, 0.15) is 5.56 Å². The third-order valence-corrected chi connectivity index (χ3v) is 3.96. The van der Waals surface area contributed by atoms with Crippen molar-refractivity contribution in [3.63, 3.8) is 0 Å². The number of hydrogen-bond donors (Lipinski definition) is 2. The zero-order chi connectivity index (χ0) is 20.8. The van der Waals surface area contributed by atoms with Crippen molar-refractivity contribution in [2.75, 3.05) is 6.61 Å². The third kappa shape index (κ3) is 4.75. The number of nitrogens with zero attached hydrogens (tertiary/aromatic N) is 3. The number of rotatable bonds is 8. The molecule has 3 aromatic rings. The first-order valence-electron chi connectivity index (χ1n) is 8.50. The molecule has 10 nitrogen and oxygen atoms in total. The fraction of sp³-hybridized carbons (Fsp3) is 0.105. The van der Waals surface area contributed by atoms with Gasteiger partial charge < -0.3 is 15.0 Å². The van der Waals surface area contributed by atoms with E-state index in [-0.39, 0.29) is 18.0 Å². The summed E-state index contributed by atoms with van der Waals surface area (Å²) in [5.74, 6) is -1.07. The fourth-order valence-corrected chi connectivity index (χ4v) is 2.76. The number of carbonyl (C=O) groups is 2. The smallest absolute Gasteiger partial charge is 0.310 e. The summed E-state index contributed by atoms with van der Waals surface area (Å²) in [5.41, 5.74) is 8.82. The monoisotopic (exact) mass is 395 g/mol. The van der Waals surface area contributed by atoms with Crippen LogP contribution in [0.25, 0.3) is 10.9 Å². The maximum Gasteiger partial charge on any atom is 0.310 e. The van der Waals surface area contributed by atoms with Crippen molar-refractivity contribution in [1.82, 2.24) is 9.99 Å². The minimum absolute atomic E-state index is 0.00819. The first-order valence-corrected chi connectivity index (χ1v) is 8.50. The van der Waals surface area contributed by atoms with E-state index in [1.54, 1.807) is 16.8 Å². The Morgan fingerprint density at radius 1 is 1.21 bits per heavy atom.